The second kappa shape index (κ2) is 14.4. The van der Waals surface area contributed by atoms with Gasteiger partial charge in [-0.05, 0) is 19.4 Å². The van der Waals surface area contributed by atoms with Crippen LogP contribution < -0.4 is 0 Å². The molecule has 0 unspecified atom stereocenters. The van der Waals surface area contributed by atoms with Crippen LogP contribution in [0.15, 0.2) is 41.4 Å². The minimum absolute atomic E-state index is 0. The fraction of sp³-hybridized carbons (Fsp3) is 0.333. The maximum absolute atomic E-state index is 4.20. The van der Waals surface area contributed by atoms with E-state index in [0.717, 1.165) is 6.54 Å². The highest BCUT2D eigenvalue weighted by Crippen LogP contribution is 1.85. The van der Waals surface area contributed by atoms with Gasteiger partial charge in [-0.25, -0.2) is 0 Å². The van der Waals surface area contributed by atoms with Gasteiger partial charge in [0.2, 0.25) is 0 Å². The van der Waals surface area contributed by atoms with Gasteiger partial charge in [-0.2, -0.15) is 0 Å². The van der Waals surface area contributed by atoms with Gasteiger partial charge in [0.25, 0.3) is 0 Å². The normalized spacial score (nSPS) is 12.1. The summed E-state index contributed by atoms with van der Waals surface area (Å²) in [7, 11) is 0. The molecule has 0 rings (SSSR count). The first kappa shape index (κ1) is 15.3. The van der Waals surface area contributed by atoms with E-state index in [0.29, 0.717) is 0 Å². The Morgan fingerprint density at radius 3 is 2.36 bits per heavy atom. The van der Waals surface area contributed by atoms with Crippen molar-refractivity contribution in [3.05, 3.63) is 43.4 Å². The van der Waals surface area contributed by atoms with E-state index < -0.39 is 0 Å². The molecular formula is C12H20NO. The van der Waals surface area contributed by atoms with E-state index in [1.54, 1.807) is 6.08 Å². The maximum atomic E-state index is 4.20. The predicted octanol–water partition coefficient (Wildman–Crippen LogP) is 2.54. The Labute approximate surface area is 87.1 Å². The summed E-state index contributed by atoms with van der Waals surface area (Å²) in [6.45, 7) is 6.67. The van der Waals surface area contributed by atoms with Crippen LogP contribution >= 0.6 is 0 Å². The Morgan fingerprint density at radius 1 is 1.07 bits per heavy atom. The molecule has 0 bridgehead atoms. The lowest BCUT2D eigenvalue weighted by molar-refractivity contribution is 0.810. The number of nitrogens with zero attached hydrogens (tertiary/aromatic N) is 1. The van der Waals surface area contributed by atoms with Crippen molar-refractivity contribution in [2.24, 2.45) is 4.99 Å². The van der Waals surface area contributed by atoms with Gasteiger partial charge in [0.1, 0.15) is 0 Å². The highest BCUT2D eigenvalue weighted by Gasteiger charge is 1.74. The lowest BCUT2D eigenvalue weighted by atomic mass is 10.3. The molecule has 79 valence electrons. The van der Waals surface area contributed by atoms with Crippen LogP contribution in [0, 0.1) is 6.92 Å². The summed E-state index contributed by atoms with van der Waals surface area (Å²) in [6.07, 6.45) is 15.6. The van der Waals surface area contributed by atoms with Crippen LogP contribution in [0.2, 0.25) is 0 Å². The largest absolute Gasteiger partial charge is 0.412 e. The predicted molar refractivity (Wildman–Crippen MR) is 64.7 cm³/mol. The van der Waals surface area contributed by atoms with Crippen molar-refractivity contribution in [3.8, 4) is 0 Å². The number of hydrogen-bond donors (Lipinski definition) is 0. The second-order valence-electron chi connectivity index (χ2n) is 2.61. The standard InChI is InChI=1S/C12H18N.H2O/c1-3-5-7-8-9-10-12-13-11-6-4-2;/h3,5,7-10,12H,1,4,6,11H2,2H3;1H2/b5-3-,8-7-,10-9-,13-12?;. The van der Waals surface area contributed by atoms with E-state index in [1.807, 2.05) is 36.6 Å². The van der Waals surface area contributed by atoms with E-state index in [9.17, 15) is 0 Å². The van der Waals surface area contributed by atoms with Gasteiger partial charge in [-0.1, -0.05) is 43.7 Å². The molecule has 0 aromatic carbocycles. The van der Waals surface area contributed by atoms with Crippen LogP contribution in [-0.2, 0) is 0 Å². The van der Waals surface area contributed by atoms with Gasteiger partial charge >= 0.3 is 0 Å². The minimum Gasteiger partial charge on any atom is -0.412 e. The van der Waals surface area contributed by atoms with E-state index in [4.69, 9.17) is 0 Å². The Bertz CT molecular complexity index is 202. The van der Waals surface area contributed by atoms with E-state index >= 15 is 0 Å². The Kier molecular flexibility index (Phi) is 15.7. The SMILES string of the molecule is O.[CH2]\C=C/C=C\C=C/C=NCCCC. The van der Waals surface area contributed by atoms with Crippen LogP contribution in [0.25, 0.3) is 0 Å². The van der Waals surface area contributed by atoms with Crippen LogP contribution in [-0.4, -0.2) is 18.2 Å². The second-order valence-corrected chi connectivity index (χ2v) is 2.61. The number of aliphatic imine (C=N–C) groups is 1. The molecule has 0 heterocycles. The lowest BCUT2D eigenvalue weighted by Crippen LogP contribution is -1.77. The molecule has 0 aliphatic heterocycles. The molecule has 0 aliphatic carbocycles. The fourth-order valence-corrected chi connectivity index (χ4v) is 0.706. The topological polar surface area (TPSA) is 43.9 Å². The van der Waals surface area contributed by atoms with Crippen molar-refractivity contribution >= 4 is 6.21 Å². The quantitative estimate of drug-likeness (QED) is 0.354. The van der Waals surface area contributed by atoms with Crippen molar-refractivity contribution in [2.45, 2.75) is 19.8 Å². The first-order valence-corrected chi connectivity index (χ1v) is 4.69. The zero-order valence-electron chi connectivity index (χ0n) is 8.82. The molecular weight excluding hydrogens is 174 g/mol. The number of unbranched alkanes of at least 4 members (excludes halogenated alkanes) is 1. The van der Waals surface area contributed by atoms with Gasteiger partial charge in [0.05, 0.1) is 0 Å². The third-order valence-electron chi connectivity index (χ3n) is 1.41. The van der Waals surface area contributed by atoms with Crippen molar-refractivity contribution in [1.29, 1.82) is 0 Å². The lowest BCUT2D eigenvalue weighted by Gasteiger charge is -1.85. The van der Waals surface area contributed by atoms with Gasteiger partial charge < -0.3 is 5.48 Å². The fourth-order valence-electron chi connectivity index (χ4n) is 0.706. The van der Waals surface area contributed by atoms with Crippen molar-refractivity contribution in [2.75, 3.05) is 6.54 Å². The van der Waals surface area contributed by atoms with Crippen LogP contribution in [0.4, 0.5) is 0 Å². The maximum Gasteiger partial charge on any atom is 0.0389 e. The first-order chi connectivity index (χ1) is 6.41. The Balaban J connectivity index is 0. The van der Waals surface area contributed by atoms with Crippen molar-refractivity contribution in [3.63, 3.8) is 0 Å². The molecule has 2 nitrogen and oxygen atoms in total. The summed E-state index contributed by atoms with van der Waals surface area (Å²) in [5, 5.41) is 0. The van der Waals surface area contributed by atoms with E-state index in [2.05, 4.69) is 18.8 Å². The molecule has 14 heavy (non-hydrogen) atoms. The number of hydrogen-bond acceptors (Lipinski definition) is 1. The zero-order chi connectivity index (χ0) is 9.78. The molecule has 2 N–H and O–H groups in total. The number of rotatable bonds is 6. The summed E-state index contributed by atoms with van der Waals surface area (Å²) in [5.41, 5.74) is 0. The average Bonchev–Trinajstić information content (AvgIpc) is 2.16. The summed E-state index contributed by atoms with van der Waals surface area (Å²) < 4.78 is 0. The average molecular weight is 194 g/mol. The third kappa shape index (κ3) is 13.4. The van der Waals surface area contributed by atoms with Crippen molar-refractivity contribution in [1.82, 2.24) is 0 Å². The van der Waals surface area contributed by atoms with Crippen molar-refractivity contribution < 1.29 is 5.48 Å². The van der Waals surface area contributed by atoms with Gasteiger partial charge in [0, 0.05) is 12.8 Å². The molecule has 2 heteroatoms. The van der Waals surface area contributed by atoms with Gasteiger partial charge in [0.15, 0.2) is 0 Å². The van der Waals surface area contributed by atoms with E-state index in [1.165, 1.54) is 12.8 Å². The summed E-state index contributed by atoms with van der Waals surface area (Å²) >= 11 is 0. The Morgan fingerprint density at radius 2 is 1.71 bits per heavy atom. The molecule has 0 fully saturated rings. The van der Waals surface area contributed by atoms with Gasteiger partial charge in [-0.15, -0.1) is 0 Å². The highest BCUT2D eigenvalue weighted by molar-refractivity contribution is 5.71. The monoisotopic (exact) mass is 194 g/mol. The molecule has 0 aromatic heterocycles. The smallest absolute Gasteiger partial charge is 0.0389 e. The zero-order valence-corrected chi connectivity index (χ0v) is 8.82. The molecule has 0 amide bonds. The minimum atomic E-state index is 0. The van der Waals surface area contributed by atoms with Crippen LogP contribution in [0.1, 0.15) is 19.8 Å². The van der Waals surface area contributed by atoms with E-state index in [-0.39, 0.29) is 5.48 Å². The molecule has 1 radical (unpaired) electrons. The molecule has 0 atom stereocenters. The summed E-state index contributed by atoms with van der Waals surface area (Å²) in [6, 6.07) is 0. The molecule has 0 spiro atoms. The molecule has 0 aromatic rings. The number of allylic oxidation sites excluding steroid dienone is 6. The van der Waals surface area contributed by atoms with Crippen LogP contribution in [0.5, 0.6) is 0 Å². The van der Waals surface area contributed by atoms with Crippen LogP contribution in [0.3, 0.4) is 0 Å². The van der Waals surface area contributed by atoms with Gasteiger partial charge in [-0.3, -0.25) is 4.99 Å². The molecule has 0 aliphatic rings. The highest BCUT2D eigenvalue weighted by atomic mass is 16.0. The molecule has 0 saturated heterocycles. The summed E-state index contributed by atoms with van der Waals surface area (Å²) in [5.74, 6) is 0. The Hall–Kier alpha value is -1.15. The third-order valence-corrected chi connectivity index (χ3v) is 1.41. The first-order valence-electron chi connectivity index (χ1n) is 4.69. The summed E-state index contributed by atoms with van der Waals surface area (Å²) in [4.78, 5) is 4.20. The molecule has 0 saturated carbocycles.